The fourth-order valence-corrected chi connectivity index (χ4v) is 4.82. The van der Waals surface area contributed by atoms with Gasteiger partial charge in [-0.05, 0) is 41.3 Å². The van der Waals surface area contributed by atoms with Crippen LogP contribution in [0.15, 0.2) is 65.3 Å². The van der Waals surface area contributed by atoms with Gasteiger partial charge in [-0.15, -0.1) is 0 Å². The number of esters is 1. The first kappa shape index (κ1) is 24.7. The Labute approximate surface area is 209 Å². The van der Waals surface area contributed by atoms with Gasteiger partial charge in [-0.2, -0.15) is 0 Å². The number of hydrogen-bond acceptors (Lipinski definition) is 7. The molecular weight excluding hydrogens is 470 g/mol. The minimum atomic E-state index is -0.731. The lowest BCUT2D eigenvalue weighted by atomic mass is 9.70. The van der Waals surface area contributed by atoms with E-state index in [1.807, 2.05) is 26.0 Å². The molecule has 0 spiro atoms. The number of halogens is 1. The highest BCUT2D eigenvalue weighted by Crippen LogP contribution is 2.48. The second-order valence-electron chi connectivity index (χ2n) is 9.40. The van der Waals surface area contributed by atoms with Crippen molar-refractivity contribution in [3.8, 4) is 11.5 Å². The molecule has 2 aliphatic rings. The molecular formula is C27H28ClNO6. The predicted molar refractivity (Wildman–Crippen MR) is 131 cm³/mol. The van der Waals surface area contributed by atoms with E-state index in [-0.39, 0.29) is 29.3 Å². The van der Waals surface area contributed by atoms with E-state index >= 15 is 0 Å². The van der Waals surface area contributed by atoms with E-state index in [2.05, 4.69) is 0 Å². The van der Waals surface area contributed by atoms with Crippen molar-refractivity contribution in [1.82, 2.24) is 0 Å². The zero-order valence-corrected chi connectivity index (χ0v) is 20.9. The van der Waals surface area contributed by atoms with Crippen LogP contribution in [0.4, 0.5) is 0 Å². The van der Waals surface area contributed by atoms with Crippen LogP contribution in [0.3, 0.4) is 0 Å². The third-order valence-electron chi connectivity index (χ3n) is 6.19. The number of benzene rings is 2. The molecule has 0 fully saturated rings. The van der Waals surface area contributed by atoms with E-state index in [4.69, 9.17) is 36.3 Å². The van der Waals surface area contributed by atoms with Gasteiger partial charge in [-0.3, -0.25) is 4.79 Å². The van der Waals surface area contributed by atoms with Crippen LogP contribution in [0.25, 0.3) is 0 Å². The van der Waals surface area contributed by atoms with E-state index in [0.29, 0.717) is 46.3 Å². The van der Waals surface area contributed by atoms with Gasteiger partial charge in [0.1, 0.15) is 29.4 Å². The van der Waals surface area contributed by atoms with Crippen molar-refractivity contribution >= 4 is 23.4 Å². The Balaban J connectivity index is 1.79. The van der Waals surface area contributed by atoms with Crippen molar-refractivity contribution in [3.63, 3.8) is 0 Å². The summed E-state index contributed by atoms with van der Waals surface area (Å²) in [5, 5.41) is 0.562. The van der Waals surface area contributed by atoms with Crippen molar-refractivity contribution in [2.75, 3.05) is 14.2 Å². The Morgan fingerprint density at radius 2 is 1.94 bits per heavy atom. The third-order valence-corrected chi connectivity index (χ3v) is 6.42. The molecule has 0 bridgehead atoms. The smallest absolute Gasteiger partial charge is 0.340 e. The number of rotatable bonds is 6. The summed E-state index contributed by atoms with van der Waals surface area (Å²) in [4.78, 5) is 26.1. The van der Waals surface area contributed by atoms with Gasteiger partial charge in [0.05, 0.1) is 20.1 Å². The molecule has 1 aliphatic heterocycles. The molecule has 35 heavy (non-hydrogen) atoms. The minimum absolute atomic E-state index is 0.0568. The summed E-state index contributed by atoms with van der Waals surface area (Å²) in [7, 11) is 2.84. The van der Waals surface area contributed by atoms with Crippen LogP contribution in [0.1, 0.15) is 43.7 Å². The summed E-state index contributed by atoms with van der Waals surface area (Å²) in [6.45, 7) is 4.18. The highest BCUT2D eigenvalue weighted by molar-refractivity contribution is 6.30. The van der Waals surface area contributed by atoms with Gasteiger partial charge in [0, 0.05) is 29.0 Å². The molecule has 184 valence electrons. The van der Waals surface area contributed by atoms with E-state index < -0.39 is 11.9 Å². The SMILES string of the molecule is COC(=O)C1=C(N)OC2=C(C(=O)CC(C)(C)C2)[C@@H]1c1ccc(OC)c(COc2cccc(Cl)c2)c1. The van der Waals surface area contributed by atoms with Crippen LogP contribution in [0.2, 0.25) is 5.02 Å². The average molecular weight is 498 g/mol. The van der Waals surface area contributed by atoms with Gasteiger partial charge in [0.15, 0.2) is 5.78 Å². The van der Waals surface area contributed by atoms with Crippen LogP contribution in [0, 0.1) is 5.41 Å². The van der Waals surface area contributed by atoms with Crippen LogP contribution in [0.5, 0.6) is 11.5 Å². The highest BCUT2D eigenvalue weighted by atomic mass is 35.5. The molecule has 0 amide bonds. The summed E-state index contributed by atoms with van der Waals surface area (Å²) in [6, 6.07) is 12.5. The first-order valence-electron chi connectivity index (χ1n) is 11.2. The van der Waals surface area contributed by atoms with Crippen molar-refractivity contribution in [2.24, 2.45) is 11.1 Å². The van der Waals surface area contributed by atoms with Gasteiger partial charge < -0.3 is 24.7 Å². The Morgan fingerprint density at radius 3 is 2.63 bits per heavy atom. The zero-order chi connectivity index (χ0) is 25.3. The maximum Gasteiger partial charge on any atom is 0.340 e. The fraction of sp³-hybridized carbons (Fsp3) is 0.333. The highest BCUT2D eigenvalue weighted by Gasteiger charge is 2.45. The monoisotopic (exact) mass is 497 g/mol. The molecule has 2 N–H and O–H groups in total. The summed E-state index contributed by atoms with van der Waals surface area (Å²) < 4.78 is 22.3. The number of carbonyl (C=O) groups excluding carboxylic acids is 2. The van der Waals surface area contributed by atoms with Crippen LogP contribution in [-0.2, 0) is 25.7 Å². The normalized spacial score (nSPS) is 19.1. The summed E-state index contributed by atoms with van der Waals surface area (Å²) in [5.74, 6) is 0.181. The molecule has 0 unspecified atom stereocenters. The molecule has 0 saturated heterocycles. The second kappa shape index (κ2) is 9.66. The lowest BCUT2D eigenvalue weighted by Gasteiger charge is -2.38. The average Bonchev–Trinajstić information content (AvgIpc) is 2.80. The van der Waals surface area contributed by atoms with E-state index in [1.54, 1.807) is 37.4 Å². The van der Waals surface area contributed by atoms with Crippen molar-refractivity contribution in [2.45, 2.75) is 39.2 Å². The molecule has 7 nitrogen and oxygen atoms in total. The van der Waals surface area contributed by atoms with Gasteiger partial charge in [-0.25, -0.2) is 4.79 Å². The molecule has 8 heteroatoms. The van der Waals surface area contributed by atoms with E-state index in [0.717, 1.165) is 5.56 Å². The summed E-state index contributed by atoms with van der Waals surface area (Å²) in [5.41, 5.74) is 7.89. The van der Waals surface area contributed by atoms with E-state index in [1.165, 1.54) is 7.11 Å². The quantitative estimate of drug-likeness (QED) is 0.559. The summed E-state index contributed by atoms with van der Waals surface area (Å²) >= 11 is 6.07. The van der Waals surface area contributed by atoms with E-state index in [9.17, 15) is 9.59 Å². The molecule has 1 aliphatic carbocycles. The Morgan fingerprint density at radius 1 is 1.17 bits per heavy atom. The third kappa shape index (κ3) is 5.00. The Hall–Kier alpha value is -3.45. The predicted octanol–water partition coefficient (Wildman–Crippen LogP) is 5.03. The maximum atomic E-state index is 13.3. The molecule has 0 aromatic heterocycles. The zero-order valence-electron chi connectivity index (χ0n) is 20.1. The molecule has 0 saturated carbocycles. The van der Waals surface area contributed by atoms with Crippen LogP contribution < -0.4 is 15.2 Å². The molecule has 0 radical (unpaired) electrons. The Kier molecular flexibility index (Phi) is 6.81. The van der Waals surface area contributed by atoms with Gasteiger partial charge in [-0.1, -0.05) is 37.6 Å². The molecule has 2 aromatic carbocycles. The number of hydrogen-bond donors (Lipinski definition) is 1. The largest absolute Gasteiger partial charge is 0.496 e. The number of carbonyl (C=O) groups is 2. The minimum Gasteiger partial charge on any atom is -0.496 e. The number of ether oxygens (including phenoxy) is 4. The molecule has 4 rings (SSSR count). The standard InChI is InChI=1S/C27H28ClNO6/c1-27(2)12-19(30)23-21(13-27)35-25(29)24(26(31)33-4)22(23)15-8-9-20(32-3)16(10-15)14-34-18-7-5-6-17(28)11-18/h5-11,22H,12-14,29H2,1-4H3/t22-/m0/s1. The van der Waals surface area contributed by atoms with Crippen molar-refractivity contribution in [3.05, 3.63) is 81.4 Å². The lowest BCUT2D eigenvalue weighted by molar-refractivity contribution is -0.136. The maximum absolute atomic E-state index is 13.3. The van der Waals surface area contributed by atoms with Crippen LogP contribution in [-0.4, -0.2) is 26.0 Å². The first-order valence-corrected chi connectivity index (χ1v) is 11.6. The van der Waals surface area contributed by atoms with Crippen molar-refractivity contribution in [1.29, 1.82) is 0 Å². The van der Waals surface area contributed by atoms with Crippen molar-refractivity contribution < 1.29 is 28.5 Å². The molecule has 1 atom stereocenters. The van der Waals surface area contributed by atoms with Crippen LogP contribution >= 0.6 is 11.6 Å². The lowest BCUT2D eigenvalue weighted by Crippen LogP contribution is -2.35. The topological polar surface area (TPSA) is 97.1 Å². The van der Waals surface area contributed by atoms with Gasteiger partial charge in [0.25, 0.3) is 0 Å². The van der Waals surface area contributed by atoms with Gasteiger partial charge >= 0.3 is 5.97 Å². The second-order valence-corrected chi connectivity index (χ2v) is 9.84. The first-order chi connectivity index (χ1) is 16.6. The number of Topliss-reactive ketones (excluding diaryl/α,β-unsaturated/α-hetero) is 1. The number of methoxy groups -OCH3 is 2. The molecule has 2 aromatic rings. The number of ketones is 1. The number of allylic oxidation sites excluding steroid dienone is 2. The Bertz CT molecular complexity index is 1250. The number of nitrogens with two attached hydrogens (primary N) is 1. The van der Waals surface area contributed by atoms with Gasteiger partial charge in [0.2, 0.25) is 5.88 Å². The fourth-order valence-electron chi connectivity index (χ4n) is 4.64. The summed E-state index contributed by atoms with van der Waals surface area (Å²) in [6.07, 6.45) is 0.863. The molecule has 1 heterocycles.